The molecule has 0 aromatic carbocycles. The van der Waals surface area contributed by atoms with E-state index in [1.165, 1.54) is 6.08 Å². The van der Waals surface area contributed by atoms with E-state index in [9.17, 15) is 9.18 Å². The number of nitrogens with one attached hydrogen (secondary N) is 1. The van der Waals surface area contributed by atoms with Gasteiger partial charge in [-0.25, -0.2) is 14.4 Å². The summed E-state index contributed by atoms with van der Waals surface area (Å²) in [4.78, 5) is 25.5. The molecule has 0 radical (unpaired) electrons. The summed E-state index contributed by atoms with van der Waals surface area (Å²) >= 11 is 11.5. The third kappa shape index (κ3) is 4.25. The molecule has 2 aromatic heterocycles. The maximum absolute atomic E-state index is 13.9. The van der Waals surface area contributed by atoms with Gasteiger partial charge in [-0.05, 0) is 53.5 Å². The topological polar surface area (TPSA) is 71.0 Å². The van der Waals surface area contributed by atoms with Crippen molar-refractivity contribution >= 4 is 41.0 Å². The minimum atomic E-state index is -0.447. The van der Waals surface area contributed by atoms with Crippen LogP contribution in [0.1, 0.15) is 12.0 Å². The maximum atomic E-state index is 13.9. The van der Waals surface area contributed by atoms with Gasteiger partial charge in [0.25, 0.3) is 0 Å². The fraction of sp³-hybridized carbons (Fsp3) is 0.368. The number of carbonyl (C=O) groups is 1. The van der Waals surface area contributed by atoms with Crippen LogP contribution in [0.2, 0.25) is 10.4 Å². The molecule has 0 spiro atoms. The van der Waals surface area contributed by atoms with Crippen LogP contribution < -0.4 is 10.2 Å². The Morgan fingerprint density at radius 2 is 2.04 bits per heavy atom. The Balaban J connectivity index is 1.19. The Morgan fingerprint density at radius 3 is 2.75 bits per heavy atom. The van der Waals surface area contributed by atoms with E-state index in [0.717, 1.165) is 31.3 Å². The van der Waals surface area contributed by atoms with Crippen LogP contribution >= 0.6 is 23.2 Å². The van der Waals surface area contributed by atoms with E-state index in [1.807, 2.05) is 4.90 Å². The molecule has 1 aliphatic heterocycles. The number of piperidine rings is 1. The number of anilines is 1. The zero-order valence-corrected chi connectivity index (χ0v) is 16.4. The molecule has 3 atom stereocenters. The summed E-state index contributed by atoms with van der Waals surface area (Å²) in [6, 6.07) is 3.47. The normalized spacial score (nSPS) is 23.1. The molecule has 1 aliphatic carbocycles. The summed E-state index contributed by atoms with van der Waals surface area (Å²) < 4.78 is 13.9. The molecule has 3 heterocycles. The molecule has 0 bridgehead atoms. The van der Waals surface area contributed by atoms with Crippen molar-refractivity contribution in [3.63, 3.8) is 0 Å². The summed E-state index contributed by atoms with van der Waals surface area (Å²) in [6.07, 6.45) is 6.82. The molecule has 1 N–H and O–H groups in total. The van der Waals surface area contributed by atoms with E-state index in [0.29, 0.717) is 29.5 Å². The van der Waals surface area contributed by atoms with Crippen molar-refractivity contribution in [1.29, 1.82) is 0 Å². The van der Waals surface area contributed by atoms with Gasteiger partial charge in [-0.3, -0.25) is 4.79 Å². The van der Waals surface area contributed by atoms with Crippen LogP contribution in [0.25, 0.3) is 6.08 Å². The number of carbonyl (C=O) groups excluding carboxylic acids is 1. The second-order valence-corrected chi connectivity index (χ2v) is 7.76. The molecule has 1 saturated heterocycles. The van der Waals surface area contributed by atoms with Crippen molar-refractivity contribution in [2.45, 2.75) is 6.42 Å². The average molecular weight is 422 g/mol. The minimum absolute atomic E-state index is 0.0543. The Hall–Kier alpha value is -2.25. The van der Waals surface area contributed by atoms with E-state index in [1.54, 1.807) is 24.4 Å². The van der Waals surface area contributed by atoms with Gasteiger partial charge in [0.2, 0.25) is 11.2 Å². The highest BCUT2D eigenvalue weighted by Crippen LogP contribution is 2.54. The number of pyridine rings is 1. The smallest absolute Gasteiger partial charge is 0.244 e. The van der Waals surface area contributed by atoms with Gasteiger partial charge < -0.3 is 10.2 Å². The van der Waals surface area contributed by atoms with Gasteiger partial charge in [-0.1, -0.05) is 17.7 Å². The Morgan fingerprint density at radius 1 is 1.25 bits per heavy atom. The molecule has 2 aliphatic rings. The molecule has 2 fully saturated rings. The molecule has 28 heavy (non-hydrogen) atoms. The highest BCUT2D eigenvalue weighted by atomic mass is 35.5. The predicted molar refractivity (Wildman–Crippen MR) is 106 cm³/mol. The summed E-state index contributed by atoms with van der Waals surface area (Å²) in [7, 11) is 0. The van der Waals surface area contributed by atoms with Gasteiger partial charge in [0, 0.05) is 31.9 Å². The second kappa shape index (κ2) is 8.01. The van der Waals surface area contributed by atoms with Gasteiger partial charge in [0.15, 0.2) is 11.6 Å². The van der Waals surface area contributed by atoms with E-state index in [2.05, 4.69) is 20.3 Å². The molecule has 4 rings (SSSR count). The lowest BCUT2D eigenvalue weighted by Crippen LogP contribution is -2.28. The molecule has 1 amide bonds. The summed E-state index contributed by atoms with van der Waals surface area (Å²) in [6.45, 7) is 2.14. The van der Waals surface area contributed by atoms with Crippen LogP contribution in [-0.2, 0) is 4.79 Å². The third-order valence-electron chi connectivity index (χ3n) is 5.32. The number of rotatable bonds is 6. The maximum Gasteiger partial charge on any atom is 0.244 e. The fourth-order valence-electron chi connectivity index (χ4n) is 3.89. The van der Waals surface area contributed by atoms with Crippen molar-refractivity contribution in [2.24, 2.45) is 17.8 Å². The summed E-state index contributed by atoms with van der Waals surface area (Å²) in [5.41, 5.74) is 0.813. The number of hydrogen-bond donors (Lipinski definition) is 1. The van der Waals surface area contributed by atoms with Gasteiger partial charge in [-0.2, -0.15) is 4.98 Å². The van der Waals surface area contributed by atoms with Crippen molar-refractivity contribution in [2.75, 3.05) is 24.5 Å². The lowest BCUT2D eigenvalue weighted by atomic mass is 10.2. The van der Waals surface area contributed by atoms with Crippen LogP contribution in [0, 0.1) is 23.6 Å². The van der Waals surface area contributed by atoms with E-state index >= 15 is 0 Å². The number of nitrogens with zero attached hydrogens (tertiary/aromatic N) is 4. The molecule has 1 saturated carbocycles. The van der Waals surface area contributed by atoms with Crippen molar-refractivity contribution in [3.05, 3.63) is 52.4 Å². The molecule has 9 heteroatoms. The zero-order valence-electron chi connectivity index (χ0n) is 14.9. The first-order valence-corrected chi connectivity index (χ1v) is 9.77. The molecule has 6 nitrogen and oxygen atoms in total. The van der Waals surface area contributed by atoms with Crippen molar-refractivity contribution in [3.8, 4) is 0 Å². The third-order valence-corrected chi connectivity index (χ3v) is 5.73. The second-order valence-electron chi connectivity index (χ2n) is 7.03. The van der Waals surface area contributed by atoms with Gasteiger partial charge in [-0.15, -0.1) is 0 Å². The first-order valence-electron chi connectivity index (χ1n) is 9.01. The van der Waals surface area contributed by atoms with Crippen LogP contribution in [0.3, 0.4) is 0 Å². The Labute approximate surface area is 171 Å². The monoisotopic (exact) mass is 421 g/mol. The van der Waals surface area contributed by atoms with Gasteiger partial charge in [0.1, 0.15) is 5.15 Å². The largest absolute Gasteiger partial charge is 0.353 e. The molecular weight excluding hydrogens is 404 g/mol. The van der Waals surface area contributed by atoms with Crippen LogP contribution in [0.5, 0.6) is 0 Å². The van der Waals surface area contributed by atoms with Crippen molar-refractivity contribution in [1.82, 2.24) is 20.3 Å². The van der Waals surface area contributed by atoms with Crippen LogP contribution in [0.4, 0.5) is 10.2 Å². The minimum Gasteiger partial charge on any atom is -0.353 e. The lowest BCUT2D eigenvalue weighted by molar-refractivity contribution is -0.116. The summed E-state index contributed by atoms with van der Waals surface area (Å²) in [5, 5.41) is 3.37. The Kier molecular flexibility index (Phi) is 5.46. The standard InChI is InChI=1S/C19H18Cl2FN5O/c20-16-3-1-11(7-24-16)2-4-17(28)23-6-5-12-13-9-27(10-14(12)13)18-15(22)8-25-19(21)26-18/h1-4,7-8,12-14H,5-6,9-10H2,(H,23,28)/b4-2+/t12-,13-,14+. The number of halogens is 3. The predicted octanol–water partition coefficient (Wildman–Crippen LogP) is 3.22. The van der Waals surface area contributed by atoms with Crippen LogP contribution in [-0.4, -0.2) is 40.5 Å². The van der Waals surface area contributed by atoms with E-state index in [4.69, 9.17) is 23.2 Å². The number of hydrogen-bond acceptors (Lipinski definition) is 5. The van der Waals surface area contributed by atoms with Gasteiger partial charge in [0.05, 0.1) is 6.20 Å². The highest BCUT2D eigenvalue weighted by molar-refractivity contribution is 6.29. The summed E-state index contributed by atoms with van der Waals surface area (Å²) in [5.74, 6) is 1.28. The highest BCUT2D eigenvalue weighted by Gasteiger charge is 2.55. The van der Waals surface area contributed by atoms with Crippen molar-refractivity contribution < 1.29 is 9.18 Å². The van der Waals surface area contributed by atoms with E-state index in [-0.39, 0.29) is 17.0 Å². The quantitative estimate of drug-likeness (QED) is 0.440. The number of aromatic nitrogens is 3. The molecular formula is C19H18Cl2FN5O. The van der Waals surface area contributed by atoms with Crippen LogP contribution in [0.15, 0.2) is 30.6 Å². The fourth-order valence-corrected chi connectivity index (χ4v) is 4.13. The number of amides is 1. The average Bonchev–Trinajstić information content (AvgIpc) is 3.12. The first-order chi connectivity index (χ1) is 13.5. The number of fused-ring (bicyclic) bond motifs is 1. The molecule has 0 unspecified atom stereocenters. The lowest BCUT2D eigenvalue weighted by Gasteiger charge is -2.21. The van der Waals surface area contributed by atoms with Gasteiger partial charge >= 0.3 is 0 Å². The Bertz CT molecular complexity index is 896. The first kappa shape index (κ1) is 19.1. The van der Waals surface area contributed by atoms with E-state index < -0.39 is 5.82 Å². The molecule has 2 aromatic rings. The SMILES string of the molecule is O=C(/C=C/c1ccc(Cl)nc1)NCC[C@@H]1[C@H]2CN(c3nc(Cl)ncc3F)C[C@@H]12. The molecule has 146 valence electrons. The zero-order chi connectivity index (χ0) is 19.7.